The Bertz CT molecular complexity index is 232. The highest BCUT2D eigenvalue weighted by molar-refractivity contribution is 5.32. The molecule has 0 unspecified atom stereocenters. The zero-order chi connectivity index (χ0) is 8.55. The smallest absolute Gasteiger partial charge is 0.0134 e. The minimum absolute atomic E-state index is 0.892. The van der Waals surface area contributed by atoms with Crippen LogP contribution in [0.25, 0.3) is 0 Å². The number of hydrogen-bond acceptors (Lipinski definition) is 0. The lowest BCUT2D eigenvalue weighted by Gasteiger charge is -2.18. The summed E-state index contributed by atoms with van der Waals surface area (Å²) in [6, 6.07) is 0. The van der Waals surface area contributed by atoms with E-state index in [1.807, 2.05) is 0 Å². The Labute approximate surface area is 75.4 Å². The Hall–Kier alpha value is -0.520. The molecule has 0 N–H and O–H groups in total. The van der Waals surface area contributed by atoms with Gasteiger partial charge in [0.05, 0.1) is 0 Å². The van der Waals surface area contributed by atoms with Gasteiger partial charge in [-0.25, -0.2) is 0 Å². The fraction of sp³-hybridized carbons (Fsp3) is 0.667. The van der Waals surface area contributed by atoms with Crippen molar-refractivity contribution in [1.29, 1.82) is 0 Å². The van der Waals surface area contributed by atoms with Crippen molar-refractivity contribution in [2.75, 3.05) is 0 Å². The molecule has 0 aromatic carbocycles. The Morgan fingerprint density at radius 2 is 2.17 bits per heavy atom. The Balaban J connectivity index is 2.30. The lowest BCUT2D eigenvalue weighted by atomic mass is 9.87. The maximum atomic E-state index is 2.41. The van der Waals surface area contributed by atoms with Crippen molar-refractivity contribution >= 4 is 0 Å². The molecule has 12 heavy (non-hydrogen) atoms. The van der Waals surface area contributed by atoms with Crippen LogP contribution in [-0.4, -0.2) is 0 Å². The van der Waals surface area contributed by atoms with Crippen molar-refractivity contribution in [2.24, 2.45) is 11.8 Å². The molecule has 0 aliphatic heterocycles. The second-order valence-electron chi connectivity index (χ2n) is 4.34. The molecule has 0 aromatic rings. The fourth-order valence-corrected chi connectivity index (χ4v) is 2.62. The van der Waals surface area contributed by atoms with Crippen LogP contribution in [0.15, 0.2) is 23.3 Å². The molecule has 0 nitrogen and oxygen atoms in total. The Morgan fingerprint density at radius 1 is 1.33 bits per heavy atom. The number of allylic oxidation sites excluding steroid dienone is 4. The van der Waals surface area contributed by atoms with E-state index >= 15 is 0 Å². The first-order chi connectivity index (χ1) is 5.79. The van der Waals surface area contributed by atoms with Crippen LogP contribution >= 0.6 is 0 Å². The van der Waals surface area contributed by atoms with Gasteiger partial charge in [0.1, 0.15) is 0 Å². The fourth-order valence-electron chi connectivity index (χ4n) is 2.62. The lowest BCUT2D eigenvalue weighted by molar-refractivity contribution is 0.394. The van der Waals surface area contributed by atoms with Crippen LogP contribution < -0.4 is 0 Å². The molecule has 0 heteroatoms. The number of fused-ring (bicyclic) bond motifs is 1. The third-order valence-corrected chi connectivity index (χ3v) is 3.50. The van der Waals surface area contributed by atoms with Crippen LogP contribution in [0.2, 0.25) is 0 Å². The van der Waals surface area contributed by atoms with Crippen molar-refractivity contribution < 1.29 is 0 Å². The van der Waals surface area contributed by atoms with Gasteiger partial charge in [0, 0.05) is 0 Å². The van der Waals surface area contributed by atoms with Crippen LogP contribution in [-0.2, 0) is 0 Å². The van der Waals surface area contributed by atoms with Gasteiger partial charge in [-0.15, -0.1) is 0 Å². The molecule has 0 bridgehead atoms. The summed E-state index contributed by atoms with van der Waals surface area (Å²) >= 11 is 0. The molecule has 0 saturated carbocycles. The van der Waals surface area contributed by atoms with Gasteiger partial charge in [-0.05, 0) is 50.0 Å². The van der Waals surface area contributed by atoms with Crippen molar-refractivity contribution in [2.45, 2.75) is 39.5 Å². The van der Waals surface area contributed by atoms with Gasteiger partial charge in [-0.2, -0.15) is 0 Å². The molecule has 2 atom stereocenters. The summed E-state index contributed by atoms with van der Waals surface area (Å²) in [6.45, 7) is 4.72. The third-order valence-electron chi connectivity index (χ3n) is 3.50. The molecule has 0 fully saturated rings. The summed E-state index contributed by atoms with van der Waals surface area (Å²) in [5.41, 5.74) is 3.31. The average Bonchev–Trinajstić information content (AvgIpc) is 2.30. The molecule has 0 spiro atoms. The highest BCUT2D eigenvalue weighted by Gasteiger charge is 2.27. The first-order valence-electron chi connectivity index (χ1n) is 5.15. The minimum Gasteiger partial charge on any atom is -0.0842 e. The average molecular weight is 162 g/mol. The monoisotopic (exact) mass is 162 g/mol. The lowest BCUT2D eigenvalue weighted by Crippen LogP contribution is -2.08. The largest absolute Gasteiger partial charge is 0.0842 e. The van der Waals surface area contributed by atoms with Gasteiger partial charge in [0.15, 0.2) is 0 Å². The van der Waals surface area contributed by atoms with Gasteiger partial charge < -0.3 is 0 Å². The first kappa shape index (κ1) is 8.10. The Morgan fingerprint density at radius 3 is 3.00 bits per heavy atom. The first-order valence-corrected chi connectivity index (χ1v) is 5.15. The predicted octanol–water partition coefficient (Wildman–Crippen LogP) is 3.70. The maximum absolute atomic E-state index is 2.41. The van der Waals surface area contributed by atoms with Crippen LogP contribution in [0, 0.1) is 11.8 Å². The molecule has 2 aliphatic rings. The maximum Gasteiger partial charge on any atom is -0.0134 e. The van der Waals surface area contributed by atoms with Gasteiger partial charge in [-0.3, -0.25) is 0 Å². The van der Waals surface area contributed by atoms with E-state index in [0.29, 0.717) is 0 Å². The number of hydrogen-bond donors (Lipinski definition) is 0. The predicted molar refractivity (Wildman–Crippen MR) is 53.0 cm³/mol. The van der Waals surface area contributed by atoms with Crippen LogP contribution in [0.3, 0.4) is 0 Å². The van der Waals surface area contributed by atoms with Gasteiger partial charge in [-0.1, -0.05) is 24.6 Å². The molecule has 0 heterocycles. The van der Waals surface area contributed by atoms with Gasteiger partial charge >= 0.3 is 0 Å². The summed E-state index contributed by atoms with van der Waals surface area (Å²) in [4.78, 5) is 0. The zero-order valence-corrected chi connectivity index (χ0v) is 8.14. The van der Waals surface area contributed by atoms with Crippen molar-refractivity contribution in [3.05, 3.63) is 23.3 Å². The van der Waals surface area contributed by atoms with E-state index < -0.39 is 0 Å². The van der Waals surface area contributed by atoms with Gasteiger partial charge in [0.25, 0.3) is 0 Å². The topological polar surface area (TPSA) is 0 Å². The molecule has 2 aliphatic carbocycles. The van der Waals surface area contributed by atoms with E-state index in [9.17, 15) is 0 Å². The van der Waals surface area contributed by atoms with Crippen LogP contribution in [0.1, 0.15) is 39.5 Å². The second kappa shape index (κ2) is 3.08. The van der Waals surface area contributed by atoms with Crippen molar-refractivity contribution in [3.8, 4) is 0 Å². The minimum atomic E-state index is 0.892. The Kier molecular flexibility index (Phi) is 2.08. The summed E-state index contributed by atoms with van der Waals surface area (Å²) in [5.74, 6) is 1.80. The second-order valence-corrected chi connectivity index (χ2v) is 4.34. The number of rotatable bonds is 0. The normalized spacial score (nSPS) is 35.2. The van der Waals surface area contributed by atoms with E-state index in [1.165, 1.54) is 25.7 Å². The summed E-state index contributed by atoms with van der Waals surface area (Å²) in [5, 5.41) is 0. The van der Waals surface area contributed by atoms with Crippen LogP contribution in [0.5, 0.6) is 0 Å². The highest BCUT2D eigenvalue weighted by Crippen LogP contribution is 2.40. The highest BCUT2D eigenvalue weighted by atomic mass is 14.3. The third kappa shape index (κ3) is 1.24. The van der Waals surface area contributed by atoms with E-state index in [1.54, 1.807) is 11.1 Å². The van der Waals surface area contributed by atoms with E-state index in [0.717, 1.165) is 11.8 Å². The molecule has 0 aromatic heterocycles. The molecular weight excluding hydrogens is 144 g/mol. The molecule has 0 saturated heterocycles. The van der Waals surface area contributed by atoms with Crippen molar-refractivity contribution in [3.63, 3.8) is 0 Å². The standard InChI is InChI=1S/C12H18/c1-9-5-3-4-6-11-10(2)7-8-12(9)11/h4,6,9,12H,3,5,7-8H2,1-2H3/t9-,12+/m1/s1. The quantitative estimate of drug-likeness (QED) is 0.509. The van der Waals surface area contributed by atoms with Crippen LogP contribution in [0.4, 0.5) is 0 Å². The van der Waals surface area contributed by atoms with E-state index in [4.69, 9.17) is 0 Å². The molecular formula is C12H18. The zero-order valence-electron chi connectivity index (χ0n) is 8.14. The molecule has 2 rings (SSSR count). The summed E-state index contributed by atoms with van der Waals surface area (Å²) in [6.07, 6.45) is 10.2. The molecule has 0 amide bonds. The summed E-state index contributed by atoms with van der Waals surface area (Å²) < 4.78 is 0. The van der Waals surface area contributed by atoms with Crippen molar-refractivity contribution in [1.82, 2.24) is 0 Å². The summed E-state index contributed by atoms with van der Waals surface area (Å²) in [7, 11) is 0. The SMILES string of the molecule is CC1=C2C=CCC[C@@H](C)[C@@H]2CC1. The van der Waals surface area contributed by atoms with E-state index in [2.05, 4.69) is 26.0 Å². The van der Waals surface area contributed by atoms with Gasteiger partial charge in [0.2, 0.25) is 0 Å². The molecule has 0 radical (unpaired) electrons. The molecule has 66 valence electrons. The van der Waals surface area contributed by atoms with E-state index in [-0.39, 0.29) is 0 Å².